The lowest BCUT2D eigenvalue weighted by Crippen LogP contribution is -2.22. The van der Waals surface area contributed by atoms with E-state index in [1.807, 2.05) is 18.2 Å². The zero-order valence-electron chi connectivity index (χ0n) is 14.1. The van der Waals surface area contributed by atoms with Crippen LogP contribution in [-0.4, -0.2) is 27.8 Å². The molecule has 2 aromatic carbocycles. The van der Waals surface area contributed by atoms with Crippen LogP contribution < -0.4 is 14.8 Å². The van der Waals surface area contributed by atoms with Crippen molar-refractivity contribution in [3.05, 3.63) is 60.0 Å². The largest absolute Gasteiger partial charge is 0.454 e. The average Bonchev–Trinajstić information content (AvgIpc) is 3.44. The molecule has 3 heterocycles. The van der Waals surface area contributed by atoms with Gasteiger partial charge >= 0.3 is 0 Å². The SMILES string of the molecule is O=C(NCc1cc(-c2ccc3c(c2)OCO3)on1)c1ccc2nc[nH]c2c1. The molecule has 0 radical (unpaired) electrons. The van der Waals surface area contributed by atoms with E-state index in [0.29, 0.717) is 28.5 Å². The minimum atomic E-state index is -0.195. The number of aromatic amines is 1. The van der Waals surface area contributed by atoms with Crippen molar-refractivity contribution in [3.8, 4) is 22.8 Å². The van der Waals surface area contributed by atoms with Gasteiger partial charge in [-0.1, -0.05) is 5.16 Å². The molecule has 8 heteroatoms. The van der Waals surface area contributed by atoms with Gasteiger partial charge in [-0.25, -0.2) is 4.98 Å². The van der Waals surface area contributed by atoms with Crippen LogP contribution in [0.25, 0.3) is 22.4 Å². The minimum absolute atomic E-state index is 0.195. The van der Waals surface area contributed by atoms with E-state index in [1.165, 1.54) is 0 Å². The number of imidazole rings is 1. The Morgan fingerprint density at radius 1 is 1.11 bits per heavy atom. The molecule has 0 saturated heterocycles. The Morgan fingerprint density at radius 2 is 2.04 bits per heavy atom. The lowest BCUT2D eigenvalue weighted by atomic mass is 10.1. The molecule has 5 rings (SSSR count). The summed E-state index contributed by atoms with van der Waals surface area (Å²) in [6.45, 7) is 0.477. The number of hydrogen-bond acceptors (Lipinski definition) is 6. The highest BCUT2D eigenvalue weighted by molar-refractivity contribution is 5.97. The van der Waals surface area contributed by atoms with Crippen LogP contribution in [0.5, 0.6) is 11.5 Å². The van der Waals surface area contributed by atoms with Crippen LogP contribution in [0.1, 0.15) is 16.1 Å². The van der Waals surface area contributed by atoms with Crippen LogP contribution in [0, 0.1) is 0 Å². The molecular formula is C19H14N4O4. The molecule has 1 amide bonds. The number of nitrogens with one attached hydrogen (secondary N) is 2. The van der Waals surface area contributed by atoms with E-state index in [2.05, 4.69) is 20.4 Å². The molecule has 0 atom stereocenters. The quantitative estimate of drug-likeness (QED) is 0.579. The molecule has 0 unspecified atom stereocenters. The topological polar surface area (TPSA) is 102 Å². The van der Waals surface area contributed by atoms with E-state index in [4.69, 9.17) is 14.0 Å². The predicted octanol–water partition coefficient (Wildman–Crippen LogP) is 2.88. The molecular weight excluding hydrogens is 348 g/mol. The summed E-state index contributed by atoms with van der Waals surface area (Å²) in [5, 5.41) is 6.85. The third kappa shape index (κ3) is 2.86. The van der Waals surface area contributed by atoms with Gasteiger partial charge in [0.05, 0.1) is 23.9 Å². The normalized spacial score (nSPS) is 12.4. The van der Waals surface area contributed by atoms with E-state index in [9.17, 15) is 4.79 Å². The molecule has 134 valence electrons. The first kappa shape index (κ1) is 15.4. The Bertz CT molecular complexity index is 1150. The number of H-pyrrole nitrogens is 1. The summed E-state index contributed by atoms with van der Waals surface area (Å²) < 4.78 is 16.1. The fourth-order valence-electron chi connectivity index (χ4n) is 2.93. The third-order valence-corrected chi connectivity index (χ3v) is 4.33. The lowest BCUT2D eigenvalue weighted by Gasteiger charge is -2.02. The van der Waals surface area contributed by atoms with Crippen molar-refractivity contribution in [1.82, 2.24) is 20.4 Å². The van der Waals surface area contributed by atoms with Gasteiger partial charge in [0, 0.05) is 17.2 Å². The summed E-state index contributed by atoms with van der Waals surface area (Å²) >= 11 is 0. The van der Waals surface area contributed by atoms with Gasteiger partial charge in [-0.05, 0) is 36.4 Å². The Balaban J connectivity index is 1.28. The number of ether oxygens (including phenoxy) is 2. The number of amides is 1. The van der Waals surface area contributed by atoms with Crippen molar-refractivity contribution in [3.63, 3.8) is 0 Å². The summed E-state index contributed by atoms with van der Waals surface area (Å²) in [7, 11) is 0. The Morgan fingerprint density at radius 3 is 3.00 bits per heavy atom. The molecule has 2 N–H and O–H groups in total. The van der Waals surface area contributed by atoms with Crippen molar-refractivity contribution in [1.29, 1.82) is 0 Å². The van der Waals surface area contributed by atoms with Gasteiger partial charge in [0.15, 0.2) is 17.3 Å². The van der Waals surface area contributed by atoms with Crippen LogP contribution in [0.3, 0.4) is 0 Å². The van der Waals surface area contributed by atoms with E-state index in [0.717, 1.165) is 16.6 Å². The number of fused-ring (bicyclic) bond motifs is 2. The Hall–Kier alpha value is -3.81. The van der Waals surface area contributed by atoms with Crippen LogP contribution in [0.15, 0.2) is 53.3 Å². The van der Waals surface area contributed by atoms with Gasteiger partial charge in [-0.3, -0.25) is 4.79 Å². The number of aromatic nitrogens is 3. The lowest BCUT2D eigenvalue weighted by molar-refractivity contribution is 0.0950. The highest BCUT2D eigenvalue weighted by atomic mass is 16.7. The van der Waals surface area contributed by atoms with Gasteiger partial charge in [-0.15, -0.1) is 0 Å². The molecule has 8 nitrogen and oxygen atoms in total. The summed E-state index contributed by atoms with van der Waals surface area (Å²) in [5.41, 5.74) is 3.63. The Labute approximate surface area is 153 Å². The molecule has 27 heavy (non-hydrogen) atoms. The van der Waals surface area contributed by atoms with Gasteiger partial charge in [-0.2, -0.15) is 0 Å². The molecule has 1 aliphatic heterocycles. The predicted molar refractivity (Wildman–Crippen MR) is 95.3 cm³/mol. The molecule has 0 saturated carbocycles. The molecule has 2 aromatic heterocycles. The first-order valence-electron chi connectivity index (χ1n) is 8.33. The number of nitrogens with zero attached hydrogens (tertiary/aromatic N) is 2. The fourth-order valence-corrected chi connectivity index (χ4v) is 2.93. The van der Waals surface area contributed by atoms with Crippen LogP contribution >= 0.6 is 0 Å². The smallest absolute Gasteiger partial charge is 0.251 e. The van der Waals surface area contributed by atoms with Crippen LogP contribution in [-0.2, 0) is 6.54 Å². The zero-order valence-corrected chi connectivity index (χ0v) is 14.1. The van der Waals surface area contributed by atoms with Crippen molar-refractivity contribution in [2.45, 2.75) is 6.54 Å². The summed E-state index contributed by atoms with van der Waals surface area (Å²) in [4.78, 5) is 19.5. The second-order valence-electron chi connectivity index (χ2n) is 6.07. The highest BCUT2D eigenvalue weighted by Crippen LogP contribution is 2.36. The maximum Gasteiger partial charge on any atom is 0.251 e. The third-order valence-electron chi connectivity index (χ3n) is 4.33. The first-order chi connectivity index (χ1) is 13.3. The van der Waals surface area contributed by atoms with E-state index >= 15 is 0 Å². The van der Waals surface area contributed by atoms with Crippen molar-refractivity contribution >= 4 is 16.9 Å². The van der Waals surface area contributed by atoms with Crippen molar-refractivity contribution in [2.75, 3.05) is 6.79 Å². The molecule has 0 fully saturated rings. The van der Waals surface area contributed by atoms with Crippen molar-refractivity contribution < 1.29 is 18.8 Å². The molecule has 0 spiro atoms. The van der Waals surface area contributed by atoms with Crippen LogP contribution in [0.2, 0.25) is 0 Å². The molecule has 0 aliphatic carbocycles. The summed E-state index contributed by atoms with van der Waals surface area (Å²) in [6.07, 6.45) is 1.60. The second-order valence-corrected chi connectivity index (χ2v) is 6.07. The molecule has 1 aliphatic rings. The Kier molecular flexibility index (Phi) is 3.53. The monoisotopic (exact) mass is 362 g/mol. The van der Waals surface area contributed by atoms with E-state index in [-0.39, 0.29) is 19.2 Å². The van der Waals surface area contributed by atoms with Gasteiger partial charge < -0.3 is 24.3 Å². The number of hydrogen-bond donors (Lipinski definition) is 2. The highest BCUT2D eigenvalue weighted by Gasteiger charge is 2.16. The number of carbonyl (C=O) groups is 1. The van der Waals surface area contributed by atoms with E-state index < -0.39 is 0 Å². The maximum absolute atomic E-state index is 12.4. The van der Waals surface area contributed by atoms with Gasteiger partial charge in [0.1, 0.15) is 5.69 Å². The average molecular weight is 362 g/mol. The summed E-state index contributed by atoms with van der Waals surface area (Å²) in [6, 6.07) is 12.6. The standard InChI is InChI=1S/C19H14N4O4/c24-19(12-1-3-14-15(5-12)22-9-21-14)20-8-13-7-17(27-23-13)11-2-4-16-18(6-11)26-10-25-16/h1-7,9H,8,10H2,(H,20,24)(H,21,22). The minimum Gasteiger partial charge on any atom is -0.454 e. The molecule has 4 aromatic rings. The summed E-state index contributed by atoms with van der Waals surface area (Å²) in [5.74, 6) is 1.78. The van der Waals surface area contributed by atoms with Crippen LogP contribution in [0.4, 0.5) is 0 Å². The van der Waals surface area contributed by atoms with Crippen molar-refractivity contribution in [2.24, 2.45) is 0 Å². The number of rotatable bonds is 4. The van der Waals surface area contributed by atoms with Gasteiger partial charge in [0.25, 0.3) is 5.91 Å². The number of carbonyl (C=O) groups excluding carboxylic acids is 1. The first-order valence-corrected chi connectivity index (χ1v) is 8.33. The fraction of sp³-hybridized carbons (Fsp3) is 0.105. The van der Waals surface area contributed by atoms with Gasteiger partial charge in [0.2, 0.25) is 6.79 Å². The molecule has 0 bridgehead atoms. The maximum atomic E-state index is 12.4. The second kappa shape index (κ2) is 6.17. The van der Waals surface area contributed by atoms with E-state index in [1.54, 1.807) is 30.6 Å². The number of benzene rings is 2. The zero-order chi connectivity index (χ0) is 18.2.